The molecule has 2 fully saturated rings. The van der Waals surface area contributed by atoms with Crippen molar-refractivity contribution in [3.63, 3.8) is 0 Å². The molecule has 1 aliphatic carbocycles. The van der Waals surface area contributed by atoms with E-state index in [-0.39, 0.29) is 0 Å². The molecule has 0 radical (unpaired) electrons. The lowest BCUT2D eigenvalue weighted by atomic mass is 9.75. The van der Waals surface area contributed by atoms with E-state index in [0.717, 1.165) is 5.92 Å². The van der Waals surface area contributed by atoms with Crippen molar-refractivity contribution in [3.8, 4) is 0 Å². The van der Waals surface area contributed by atoms with E-state index in [1.165, 1.54) is 89.2 Å². The maximum absolute atomic E-state index is 3.82. The molecule has 0 bridgehead atoms. The summed E-state index contributed by atoms with van der Waals surface area (Å²) >= 11 is 3.82. The zero-order chi connectivity index (χ0) is 13.6. The average molecular weight is 330 g/mol. The fraction of sp³-hybridized carbons (Fsp3) is 1.00. The Kier molecular flexibility index (Phi) is 6.68. The fourth-order valence-electron chi connectivity index (χ4n) is 4.19. The van der Waals surface area contributed by atoms with Gasteiger partial charge in [-0.3, -0.25) is 0 Å². The molecular formula is C17H32BrN. The van der Waals surface area contributed by atoms with Crippen LogP contribution >= 0.6 is 15.9 Å². The molecule has 2 aliphatic rings. The Morgan fingerprint density at radius 1 is 1.05 bits per heavy atom. The summed E-state index contributed by atoms with van der Waals surface area (Å²) < 4.78 is 0. The molecular weight excluding hydrogens is 298 g/mol. The smallest absolute Gasteiger partial charge is 0.0100 e. The number of hydrogen-bond donors (Lipinski definition) is 0. The third kappa shape index (κ3) is 4.74. The normalized spacial score (nSPS) is 29.1. The maximum atomic E-state index is 3.82. The number of nitrogens with zero attached hydrogens (tertiary/aromatic N) is 1. The van der Waals surface area contributed by atoms with E-state index < -0.39 is 0 Å². The molecule has 112 valence electrons. The molecule has 0 aromatic rings. The van der Waals surface area contributed by atoms with Gasteiger partial charge in [-0.05, 0) is 56.5 Å². The van der Waals surface area contributed by atoms with Crippen LogP contribution in [-0.2, 0) is 0 Å². The fourth-order valence-corrected chi connectivity index (χ4v) is 4.93. The Labute approximate surface area is 128 Å². The number of alkyl halides is 1. The van der Waals surface area contributed by atoms with Crippen molar-refractivity contribution >= 4 is 15.9 Å². The van der Waals surface area contributed by atoms with Crippen LogP contribution in [0.15, 0.2) is 0 Å². The minimum Gasteiger partial charge on any atom is -0.303 e. The summed E-state index contributed by atoms with van der Waals surface area (Å²) in [7, 11) is 0. The van der Waals surface area contributed by atoms with E-state index in [9.17, 15) is 0 Å². The van der Waals surface area contributed by atoms with Gasteiger partial charge >= 0.3 is 0 Å². The van der Waals surface area contributed by atoms with Crippen LogP contribution in [0.2, 0.25) is 0 Å². The Hall–Kier alpha value is 0.440. The van der Waals surface area contributed by atoms with Crippen molar-refractivity contribution in [2.24, 2.45) is 11.3 Å². The first-order chi connectivity index (χ1) is 9.28. The van der Waals surface area contributed by atoms with Gasteiger partial charge in [-0.1, -0.05) is 55.0 Å². The van der Waals surface area contributed by atoms with Crippen LogP contribution in [0.25, 0.3) is 0 Å². The predicted octanol–water partition coefficient (Wildman–Crippen LogP) is 5.23. The molecule has 1 nitrogen and oxygen atoms in total. The zero-order valence-electron chi connectivity index (χ0n) is 12.8. The summed E-state index contributed by atoms with van der Waals surface area (Å²) in [5.74, 6) is 1.02. The van der Waals surface area contributed by atoms with Gasteiger partial charge in [-0.2, -0.15) is 0 Å². The number of hydrogen-bond acceptors (Lipinski definition) is 1. The Bertz CT molecular complexity index is 248. The second kappa shape index (κ2) is 8.02. The second-order valence-corrected chi connectivity index (χ2v) is 7.62. The van der Waals surface area contributed by atoms with Gasteiger partial charge in [0.05, 0.1) is 0 Å². The molecule has 1 atom stereocenters. The highest BCUT2D eigenvalue weighted by molar-refractivity contribution is 9.09. The third-order valence-electron chi connectivity index (χ3n) is 5.39. The van der Waals surface area contributed by atoms with Gasteiger partial charge in [0, 0.05) is 11.9 Å². The summed E-state index contributed by atoms with van der Waals surface area (Å²) in [6.45, 7) is 6.41. The lowest BCUT2D eigenvalue weighted by Gasteiger charge is -2.40. The monoisotopic (exact) mass is 329 g/mol. The molecule has 0 spiro atoms. The highest BCUT2D eigenvalue weighted by atomic mass is 79.9. The van der Waals surface area contributed by atoms with Crippen LogP contribution in [0.4, 0.5) is 0 Å². The molecule has 1 saturated heterocycles. The summed E-state index contributed by atoms with van der Waals surface area (Å²) in [6.07, 6.45) is 14.5. The van der Waals surface area contributed by atoms with Gasteiger partial charge in [0.2, 0.25) is 0 Å². The first kappa shape index (κ1) is 15.8. The molecule has 1 saturated carbocycles. The zero-order valence-corrected chi connectivity index (χ0v) is 14.4. The predicted molar refractivity (Wildman–Crippen MR) is 88.0 cm³/mol. The van der Waals surface area contributed by atoms with E-state index in [4.69, 9.17) is 0 Å². The van der Waals surface area contributed by atoms with Crippen LogP contribution in [0.1, 0.15) is 71.1 Å². The number of rotatable bonds is 5. The highest BCUT2D eigenvalue weighted by Gasteiger charge is 2.33. The third-order valence-corrected chi connectivity index (χ3v) is 6.58. The van der Waals surface area contributed by atoms with Crippen LogP contribution in [0.5, 0.6) is 0 Å². The molecule has 2 heteroatoms. The van der Waals surface area contributed by atoms with E-state index in [2.05, 4.69) is 27.8 Å². The van der Waals surface area contributed by atoms with Crippen molar-refractivity contribution < 1.29 is 0 Å². The van der Waals surface area contributed by atoms with Gasteiger partial charge < -0.3 is 4.90 Å². The molecule has 1 heterocycles. The van der Waals surface area contributed by atoms with E-state index in [1.807, 2.05) is 0 Å². The van der Waals surface area contributed by atoms with Crippen molar-refractivity contribution in [2.75, 3.05) is 25.0 Å². The van der Waals surface area contributed by atoms with Crippen molar-refractivity contribution in [3.05, 3.63) is 0 Å². The summed E-state index contributed by atoms with van der Waals surface area (Å²) in [6, 6.07) is 0. The summed E-state index contributed by atoms with van der Waals surface area (Å²) in [5.41, 5.74) is 0.600. The maximum Gasteiger partial charge on any atom is 0.0100 e. The van der Waals surface area contributed by atoms with Crippen LogP contribution in [-0.4, -0.2) is 29.9 Å². The molecule has 19 heavy (non-hydrogen) atoms. The second-order valence-electron chi connectivity index (χ2n) is 7.06. The van der Waals surface area contributed by atoms with Crippen LogP contribution in [0, 0.1) is 11.3 Å². The standard InChI is InChI=1S/C17H32BrN/c1-2-7-16-8-6-12-19(13-9-16)15-17(14-18)10-4-3-5-11-17/h16H,2-15H2,1H3. The van der Waals surface area contributed by atoms with E-state index in [0.29, 0.717) is 5.41 Å². The van der Waals surface area contributed by atoms with Crippen LogP contribution in [0.3, 0.4) is 0 Å². The van der Waals surface area contributed by atoms with Gasteiger partial charge in [0.15, 0.2) is 0 Å². The van der Waals surface area contributed by atoms with E-state index >= 15 is 0 Å². The molecule has 1 aliphatic heterocycles. The minimum absolute atomic E-state index is 0.600. The van der Waals surface area contributed by atoms with Gasteiger partial charge in [-0.15, -0.1) is 0 Å². The van der Waals surface area contributed by atoms with Crippen molar-refractivity contribution in [2.45, 2.75) is 71.1 Å². The molecule has 0 amide bonds. The lowest BCUT2D eigenvalue weighted by Crippen LogP contribution is -2.41. The van der Waals surface area contributed by atoms with Crippen molar-refractivity contribution in [1.29, 1.82) is 0 Å². The SMILES string of the molecule is CCCC1CCCN(CC2(CBr)CCCCC2)CC1. The van der Waals surface area contributed by atoms with E-state index in [1.54, 1.807) is 0 Å². The number of likely N-dealkylation sites (tertiary alicyclic amines) is 1. The van der Waals surface area contributed by atoms with Crippen LogP contribution < -0.4 is 0 Å². The molecule has 2 rings (SSSR count). The largest absolute Gasteiger partial charge is 0.303 e. The van der Waals surface area contributed by atoms with Gasteiger partial charge in [0.25, 0.3) is 0 Å². The first-order valence-electron chi connectivity index (χ1n) is 8.56. The van der Waals surface area contributed by atoms with Gasteiger partial charge in [-0.25, -0.2) is 0 Å². The Morgan fingerprint density at radius 3 is 2.53 bits per heavy atom. The Balaban J connectivity index is 1.84. The minimum atomic E-state index is 0.600. The quantitative estimate of drug-likeness (QED) is 0.624. The lowest BCUT2D eigenvalue weighted by molar-refractivity contribution is 0.128. The molecule has 0 aromatic carbocycles. The Morgan fingerprint density at radius 2 is 1.84 bits per heavy atom. The topological polar surface area (TPSA) is 3.24 Å². The van der Waals surface area contributed by atoms with Crippen molar-refractivity contribution in [1.82, 2.24) is 4.90 Å². The molecule has 0 aromatic heterocycles. The average Bonchev–Trinajstić information content (AvgIpc) is 2.66. The number of halogens is 1. The highest BCUT2D eigenvalue weighted by Crippen LogP contribution is 2.39. The molecule has 0 N–H and O–H groups in total. The molecule has 1 unspecified atom stereocenters. The summed E-state index contributed by atoms with van der Waals surface area (Å²) in [5, 5.41) is 1.22. The first-order valence-corrected chi connectivity index (χ1v) is 9.68. The van der Waals surface area contributed by atoms with Gasteiger partial charge in [0.1, 0.15) is 0 Å². The summed E-state index contributed by atoms with van der Waals surface area (Å²) in [4.78, 5) is 2.79.